The second-order valence-corrected chi connectivity index (χ2v) is 1.01. The summed E-state index contributed by atoms with van der Waals surface area (Å²) in [5.74, 6) is -1.19. The third kappa shape index (κ3) is 9.04. The van der Waals surface area contributed by atoms with Gasteiger partial charge in [-0.05, 0) is 6.92 Å². The van der Waals surface area contributed by atoms with Crippen molar-refractivity contribution in [3.05, 3.63) is 0 Å². The van der Waals surface area contributed by atoms with Crippen molar-refractivity contribution in [3.8, 4) is 0 Å². The number of aliphatic carboxylic acids is 1. The molecule has 0 bridgehead atoms. The molecule has 0 radical (unpaired) electrons. The molecule has 0 aliphatic rings. The predicted octanol–water partition coefficient (Wildman–Crippen LogP) is -0.940. The van der Waals surface area contributed by atoms with E-state index in [1.165, 1.54) is 6.92 Å². The Hall–Kier alpha value is -0.610. The molecule has 8 heavy (non-hydrogen) atoms. The van der Waals surface area contributed by atoms with Crippen LogP contribution >= 0.6 is 0 Å². The Morgan fingerprint density at radius 1 is 1.50 bits per heavy atom. The van der Waals surface area contributed by atoms with Gasteiger partial charge in [-0.3, -0.25) is 0 Å². The average Bonchev–Trinajstić information content (AvgIpc) is 1.72. The first-order valence-corrected chi connectivity index (χ1v) is 2.00. The minimum Gasteiger partial charge on any atom is -0.479 e. The van der Waals surface area contributed by atoms with Crippen LogP contribution in [0.4, 0.5) is 0 Å². The van der Waals surface area contributed by atoms with Gasteiger partial charge in [-0.15, -0.1) is 0 Å². The highest BCUT2D eigenvalue weighted by molar-refractivity contribution is 5.71. The topological polar surface area (TPSA) is 77.8 Å². The molecule has 0 heterocycles. The summed E-state index contributed by atoms with van der Waals surface area (Å²) >= 11 is 0. The Labute approximate surface area is 47.4 Å². The molecule has 0 saturated carbocycles. The molecule has 0 fully saturated rings. The van der Waals surface area contributed by atoms with Gasteiger partial charge >= 0.3 is 5.97 Å². The van der Waals surface area contributed by atoms with Gasteiger partial charge < -0.3 is 15.3 Å². The van der Waals surface area contributed by atoms with Crippen LogP contribution in [-0.2, 0) is 4.79 Å². The minimum atomic E-state index is -1.23. The molecule has 1 unspecified atom stereocenters. The molecular weight excluding hydrogens is 112 g/mol. The smallest absolute Gasteiger partial charge is 0.332 e. The van der Waals surface area contributed by atoms with E-state index in [4.69, 9.17) is 15.3 Å². The zero-order valence-corrected chi connectivity index (χ0v) is 4.83. The molecule has 50 valence electrons. The maximum Gasteiger partial charge on any atom is 0.332 e. The van der Waals surface area contributed by atoms with E-state index in [1.54, 1.807) is 0 Å². The van der Waals surface area contributed by atoms with E-state index in [0.29, 0.717) is 0 Å². The molecule has 0 spiro atoms. The standard InChI is InChI=1S/C3H6O3.CH4O/c1-2(4)3(5)6;1-2/h2,4H,1H3,(H,5,6);2H,1H3. The fourth-order valence-corrected chi connectivity index (χ4v) is 0. The van der Waals surface area contributed by atoms with Crippen molar-refractivity contribution in [1.29, 1.82) is 0 Å². The van der Waals surface area contributed by atoms with Gasteiger partial charge in [0.05, 0.1) is 0 Å². The fourth-order valence-electron chi connectivity index (χ4n) is 0. The van der Waals surface area contributed by atoms with Crippen LogP contribution in [0.2, 0.25) is 0 Å². The van der Waals surface area contributed by atoms with Gasteiger partial charge in [0.2, 0.25) is 0 Å². The van der Waals surface area contributed by atoms with Gasteiger partial charge in [-0.1, -0.05) is 0 Å². The van der Waals surface area contributed by atoms with E-state index >= 15 is 0 Å². The number of aliphatic hydroxyl groups is 2. The Balaban J connectivity index is 0. The zero-order valence-electron chi connectivity index (χ0n) is 4.83. The first-order valence-electron chi connectivity index (χ1n) is 2.00. The van der Waals surface area contributed by atoms with Crippen LogP contribution in [0.25, 0.3) is 0 Å². The first-order chi connectivity index (χ1) is 3.64. The van der Waals surface area contributed by atoms with Gasteiger partial charge in [-0.2, -0.15) is 0 Å². The molecule has 0 rings (SSSR count). The summed E-state index contributed by atoms with van der Waals surface area (Å²) in [5.41, 5.74) is 0. The van der Waals surface area contributed by atoms with Crippen molar-refractivity contribution < 1.29 is 20.1 Å². The molecule has 3 N–H and O–H groups in total. The molecule has 0 aromatic carbocycles. The molecule has 0 aromatic heterocycles. The lowest BCUT2D eigenvalue weighted by Gasteiger charge is -1.89. The van der Waals surface area contributed by atoms with Crippen LogP contribution in [0.15, 0.2) is 0 Å². The summed E-state index contributed by atoms with van der Waals surface area (Å²) in [5, 5.41) is 22.8. The van der Waals surface area contributed by atoms with Gasteiger partial charge in [-0.25, -0.2) is 4.79 Å². The van der Waals surface area contributed by atoms with Crippen LogP contribution in [0, 0.1) is 0 Å². The Morgan fingerprint density at radius 3 is 1.62 bits per heavy atom. The minimum absolute atomic E-state index is 1.00. The van der Waals surface area contributed by atoms with Crippen LogP contribution in [-0.4, -0.2) is 34.5 Å². The normalized spacial score (nSPS) is 11.0. The summed E-state index contributed by atoms with van der Waals surface area (Å²) in [6.07, 6.45) is -1.23. The zero-order chi connectivity index (χ0) is 7.15. The lowest BCUT2D eigenvalue weighted by atomic mass is 10.4. The summed E-state index contributed by atoms with van der Waals surface area (Å²) < 4.78 is 0. The van der Waals surface area contributed by atoms with Gasteiger partial charge in [0, 0.05) is 7.11 Å². The maximum atomic E-state index is 9.45. The van der Waals surface area contributed by atoms with Crippen LogP contribution in [0.1, 0.15) is 6.92 Å². The average molecular weight is 122 g/mol. The molecule has 0 amide bonds. The number of hydrogen-bond acceptors (Lipinski definition) is 3. The lowest BCUT2D eigenvalue weighted by molar-refractivity contribution is -0.145. The predicted molar refractivity (Wildman–Crippen MR) is 27.5 cm³/mol. The molecule has 4 nitrogen and oxygen atoms in total. The van der Waals surface area contributed by atoms with E-state index in [2.05, 4.69) is 0 Å². The van der Waals surface area contributed by atoms with E-state index in [-0.39, 0.29) is 0 Å². The van der Waals surface area contributed by atoms with Gasteiger partial charge in [0.15, 0.2) is 0 Å². The number of carboxylic acids is 1. The monoisotopic (exact) mass is 122 g/mol. The van der Waals surface area contributed by atoms with E-state index < -0.39 is 12.1 Å². The molecule has 0 aliphatic carbocycles. The summed E-state index contributed by atoms with van der Waals surface area (Å²) in [7, 11) is 1.00. The summed E-state index contributed by atoms with van der Waals surface area (Å²) in [4.78, 5) is 9.45. The van der Waals surface area contributed by atoms with E-state index in [1.807, 2.05) is 0 Å². The second-order valence-electron chi connectivity index (χ2n) is 1.01. The number of rotatable bonds is 1. The second kappa shape index (κ2) is 6.39. The molecule has 0 aromatic rings. The van der Waals surface area contributed by atoms with Crippen LogP contribution < -0.4 is 0 Å². The molecular formula is C4H10O4. The largest absolute Gasteiger partial charge is 0.479 e. The van der Waals surface area contributed by atoms with Crippen molar-refractivity contribution in [3.63, 3.8) is 0 Å². The van der Waals surface area contributed by atoms with Crippen molar-refractivity contribution in [2.24, 2.45) is 0 Å². The molecule has 4 heteroatoms. The summed E-state index contributed by atoms with van der Waals surface area (Å²) in [6, 6.07) is 0. The summed E-state index contributed by atoms with van der Waals surface area (Å²) in [6.45, 7) is 1.20. The highest BCUT2D eigenvalue weighted by Gasteiger charge is 2.01. The number of hydrogen-bond donors (Lipinski definition) is 3. The molecule has 0 saturated heterocycles. The SMILES string of the molecule is CC(O)C(=O)O.CO. The Morgan fingerprint density at radius 2 is 1.62 bits per heavy atom. The third-order valence-corrected chi connectivity index (χ3v) is 0.357. The van der Waals surface area contributed by atoms with Crippen molar-refractivity contribution in [2.75, 3.05) is 7.11 Å². The number of aliphatic hydroxyl groups excluding tert-OH is 2. The van der Waals surface area contributed by atoms with E-state index in [0.717, 1.165) is 7.11 Å². The molecule has 1 atom stereocenters. The third-order valence-electron chi connectivity index (χ3n) is 0.357. The molecule has 0 aliphatic heterocycles. The number of carboxylic acid groups (broad SMARTS) is 1. The first kappa shape index (κ1) is 10.4. The highest BCUT2D eigenvalue weighted by Crippen LogP contribution is 1.73. The van der Waals surface area contributed by atoms with Crippen molar-refractivity contribution >= 4 is 5.97 Å². The van der Waals surface area contributed by atoms with Crippen molar-refractivity contribution in [1.82, 2.24) is 0 Å². The Bertz CT molecular complexity index is 59.1. The van der Waals surface area contributed by atoms with Gasteiger partial charge in [0.25, 0.3) is 0 Å². The Kier molecular flexibility index (Phi) is 8.30. The quantitative estimate of drug-likeness (QED) is 0.419. The van der Waals surface area contributed by atoms with E-state index in [9.17, 15) is 4.79 Å². The van der Waals surface area contributed by atoms with Crippen LogP contribution in [0.5, 0.6) is 0 Å². The lowest BCUT2D eigenvalue weighted by Crippen LogP contribution is -2.13. The number of carbonyl (C=O) groups is 1. The van der Waals surface area contributed by atoms with Crippen molar-refractivity contribution in [2.45, 2.75) is 13.0 Å². The van der Waals surface area contributed by atoms with Gasteiger partial charge in [0.1, 0.15) is 6.10 Å². The fraction of sp³-hybridized carbons (Fsp3) is 0.750. The van der Waals surface area contributed by atoms with Crippen LogP contribution in [0.3, 0.4) is 0 Å². The highest BCUT2D eigenvalue weighted by atomic mass is 16.4. The maximum absolute atomic E-state index is 9.45.